The predicted octanol–water partition coefficient (Wildman–Crippen LogP) is 2.47. The second-order valence-electron chi connectivity index (χ2n) is 6.14. The summed E-state index contributed by atoms with van der Waals surface area (Å²) in [4.78, 5) is 25.7. The van der Waals surface area contributed by atoms with E-state index < -0.39 is 0 Å². The molecular formula is C20H22N2O3. The second-order valence-corrected chi connectivity index (χ2v) is 6.14. The van der Waals surface area contributed by atoms with Crippen molar-refractivity contribution >= 4 is 17.5 Å². The number of para-hydroxylation sites is 2. The van der Waals surface area contributed by atoms with Crippen molar-refractivity contribution in [3.8, 4) is 5.75 Å². The molecule has 0 saturated carbocycles. The van der Waals surface area contributed by atoms with Crippen molar-refractivity contribution < 1.29 is 14.3 Å². The highest BCUT2D eigenvalue weighted by atomic mass is 16.5. The number of rotatable bonds is 6. The van der Waals surface area contributed by atoms with E-state index >= 15 is 0 Å². The lowest BCUT2D eigenvalue weighted by Gasteiger charge is -2.29. The van der Waals surface area contributed by atoms with E-state index in [0.29, 0.717) is 31.7 Å². The number of ether oxygens (including phenoxy) is 1. The van der Waals surface area contributed by atoms with Gasteiger partial charge in [-0.1, -0.05) is 42.0 Å². The molecule has 1 heterocycles. The van der Waals surface area contributed by atoms with Crippen molar-refractivity contribution in [1.82, 2.24) is 5.32 Å². The monoisotopic (exact) mass is 338 g/mol. The molecule has 130 valence electrons. The van der Waals surface area contributed by atoms with Crippen LogP contribution in [0.15, 0.2) is 48.5 Å². The molecule has 2 aromatic rings. The number of nitrogens with one attached hydrogen (secondary N) is 1. The van der Waals surface area contributed by atoms with E-state index in [1.165, 1.54) is 5.56 Å². The highest BCUT2D eigenvalue weighted by Gasteiger charge is 2.24. The van der Waals surface area contributed by atoms with Crippen LogP contribution in [0.3, 0.4) is 0 Å². The fraction of sp³-hybridized carbons (Fsp3) is 0.300. The maximum atomic E-state index is 12.1. The third kappa shape index (κ3) is 4.38. The van der Waals surface area contributed by atoms with Crippen LogP contribution in [0.5, 0.6) is 5.75 Å². The number of hydrogen-bond donors (Lipinski definition) is 1. The van der Waals surface area contributed by atoms with Gasteiger partial charge in [0, 0.05) is 19.5 Å². The van der Waals surface area contributed by atoms with E-state index in [-0.39, 0.29) is 18.4 Å². The third-order valence-electron chi connectivity index (χ3n) is 4.23. The number of carbonyl (C=O) groups is 2. The molecule has 1 aliphatic rings. The Labute approximate surface area is 147 Å². The van der Waals surface area contributed by atoms with Gasteiger partial charge >= 0.3 is 0 Å². The molecule has 25 heavy (non-hydrogen) atoms. The zero-order valence-electron chi connectivity index (χ0n) is 14.3. The summed E-state index contributed by atoms with van der Waals surface area (Å²) in [6.45, 7) is 2.95. The summed E-state index contributed by atoms with van der Waals surface area (Å²) in [5, 5.41) is 2.89. The Morgan fingerprint density at radius 2 is 1.92 bits per heavy atom. The lowest BCUT2D eigenvalue weighted by Crippen LogP contribution is -2.43. The number of anilines is 1. The van der Waals surface area contributed by atoms with Gasteiger partial charge in [0.15, 0.2) is 6.61 Å². The first kappa shape index (κ1) is 17.0. The van der Waals surface area contributed by atoms with E-state index in [1.807, 2.05) is 43.3 Å². The van der Waals surface area contributed by atoms with E-state index in [9.17, 15) is 9.59 Å². The van der Waals surface area contributed by atoms with Crippen molar-refractivity contribution in [3.05, 3.63) is 59.7 Å². The van der Waals surface area contributed by atoms with Gasteiger partial charge in [-0.2, -0.15) is 0 Å². The number of fused-ring (bicyclic) bond motifs is 1. The first-order chi connectivity index (χ1) is 12.1. The second kappa shape index (κ2) is 7.83. The summed E-state index contributed by atoms with van der Waals surface area (Å²) in [6.07, 6.45) is 1.15. The molecule has 1 aliphatic heterocycles. The highest BCUT2D eigenvalue weighted by molar-refractivity contribution is 5.97. The lowest BCUT2D eigenvalue weighted by molar-refractivity contribution is -0.122. The molecule has 0 spiro atoms. The Kier molecular flexibility index (Phi) is 5.33. The van der Waals surface area contributed by atoms with Gasteiger partial charge in [-0.3, -0.25) is 9.59 Å². The molecule has 2 aromatic carbocycles. The van der Waals surface area contributed by atoms with Gasteiger partial charge in [0.1, 0.15) is 5.75 Å². The van der Waals surface area contributed by atoms with Crippen LogP contribution < -0.4 is 15.0 Å². The number of benzene rings is 2. The summed E-state index contributed by atoms with van der Waals surface area (Å²) in [7, 11) is 0. The molecule has 5 heteroatoms. The molecular weight excluding hydrogens is 316 g/mol. The van der Waals surface area contributed by atoms with Crippen LogP contribution in [-0.2, 0) is 16.0 Å². The van der Waals surface area contributed by atoms with Crippen LogP contribution in [-0.4, -0.2) is 31.5 Å². The summed E-state index contributed by atoms with van der Waals surface area (Å²) < 4.78 is 5.41. The first-order valence-corrected chi connectivity index (χ1v) is 8.48. The summed E-state index contributed by atoms with van der Waals surface area (Å²) in [5.41, 5.74) is 3.12. The molecule has 0 bridgehead atoms. The number of carbonyl (C=O) groups excluding carboxylic acids is 2. The van der Waals surface area contributed by atoms with Crippen LogP contribution in [0.2, 0.25) is 0 Å². The maximum Gasteiger partial charge on any atom is 0.265 e. The summed E-state index contributed by atoms with van der Waals surface area (Å²) in [5.74, 6) is 0.606. The molecule has 0 aromatic heterocycles. The zero-order chi connectivity index (χ0) is 17.6. The standard InChI is InChI=1S/C20H22N2O3/c1-15-6-8-16(9-7-15)10-11-19(23)21-12-13-22-17-4-2-3-5-18(17)25-14-20(22)24/h2-9H,10-14H2,1H3,(H,21,23). The van der Waals surface area contributed by atoms with E-state index in [0.717, 1.165) is 11.3 Å². The van der Waals surface area contributed by atoms with Crippen LogP contribution in [0.4, 0.5) is 5.69 Å². The quantitative estimate of drug-likeness (QED) is 0.880. The maximum absolute atomic E-state index is 12.1. The van der Waals surface area contributed by atoms with Crippen LogP contribution in [0, 0.1) is 6.92 Å². The predicted molar refractivity (Wildman–Crippen MR) is 96.8 cm³/mol. The van der Waals surface area contributed by atoms with Gasteiger partial charge in [-0.15, -0.1) is 0 Å². The first-order valence-electron chi connectivity index (χ1n) is 8.48. The normalized spacial score (nSPS) is 13.2. The van der Waals surface area contributed by atoms with Crippen LogP contribution >= 0.6 is 0 Å². The zero-order valence-corrected chi connectivity index (χ0v) is 14.3. The molecule has 0 saturated heterocycles. The van der Waals surface area contributed by atoms with Crippen molar-refractivity contribution in [2.45, 2.75) is 19.8 Å². The Balaban J connectivity index is 1.47. The smallest absolute Gasteiger partial charge is 0.265 e. The minimum absolute atomic E-state index is 0.00503. The summed E-state index contributed by atoms with van der Waals surface area (Å²) in [6, 6.07) is 15.6. The molecule has 0 fully saturated rings. The Morgan fingerprint density at radius 1 is 1.16 bits per heavy atom. The average Bonchev–Trinajstić information content (AvgIpc) is 2.63. The Bertz CT molecular complexity index is 756. The van der Waals surface area contributed by atoms with Crippen molar-refractivity contribution in [2.75, 3.05) is 24.6 Å². The van der Waals surface area contributed by atoms with Gasteiger partial charge < -0.3 is 15.0 Å². The van der Waals surface area contributed by atoms with Gasteiger partial charge in [0.2, 0.25) is 5.91 Å². The molecule has 5 nitrogen and oxygen atoms in total. The Morgan fingerprint density at radius 3 is 2.72 bits per heavy atom. The summed E-state index contributed by atoms with van der Waals surface area (Å²) >= 11 is 0. The number of aryl methyl sites for hydroxylation is 2. The number of amides is 2. The highest BCUT2D eigenvalue weighted by Crippen LogP contribution is 2.30. The van der Waals surface area contributed by atoms with Gasteiger partial charge in [-0.05, 0) is 31.0 Å². The lowest BCUT2D eigenvalue weighted by atomic mass is 10.1. The molecule has 0 radical (unpaired) electrons. The van der Waals surface area contributed by atoms with Gasteiger partial charge in [-0.25, -0.2) is 0 Å². The molecule has 0 aliphatic carbocycles. The fourth-order valence-corrected chi connectivity index (χ4v) is 2.81. The topological polar surface area (TPSA) is 58.6 Å². The molecule has 0 atom stereocenters. The van der Waals surface area contributed by atoms with Crippen molar-refractivity contribution in [2.24, 2.45) is 0 Å². The minimum atomic E-state index is -0.0902. The number of nitrogens with zero attached hydrogens (tertiary/aromatic N) is 1. The van der Waals surface area contributed by atoms with Crippen molar-refractivity contribution in [1.29, 1.82) is 0 Å². The van der Waals surface area contributed by atoms with Crippen LogP contribution in [0.25, 0.3) is 0 Å². The van der Waals surface area contributed by atoms with Gasteiger partial charge in [0.25, 0.3) is 5.91 Å². The molecule has 2 amide bonds. The van der Waals surface area contributed by atoms with Crippen LogP contribution in [0.1, 0.15) is 17.5 Å². The Hall–Kier alpha value is -2.82. The third-order valence-corrected chi connectivity index (χ3v) is 4.23. The van der Waals surface area contributed by atoms with Gasteiger partial charge in [0.05, 0.1) is 5.69 Å². The molecule has 0 unspecified atom stereocenters. The van der Waals surface area contributed by atoms with Crippen molar-refractivity contribution in [3.63, 3.8) is 0 Å². The van der Waals surface area contributed by atoms with E-state index in [4.69, 9.17) is 4.74 Å². The van der Waals surface area contributed by atoms with E-state index in [2.05, 4.69) is 17.4 Å². The fourth-order valence-electron chi connectivity index (χ4n) is 2.81. The minimum Gasteiger partial charge on any atom is -0.482 e. The largest absolute Gasteiger partial charge is 0.482 e. The van der Waals surface area contributed by atoms with E-state index in [1.54, 1.807) is 4.90 Å². The molecule has 3 rings (SSSR count). The average molecular weight is 338 g/mol. The molecule has 1 N–H and O–H groups in total. The SMILES string of the molecule is Cc1ccc(CCC(=O)NCCN2C(=O)COc3ccccc32)cc1. The number of hydrogen-bond acceptors (Lipinski definition) is 3.